The summed E-state index contributed by atoms with van der Waals surface area (Å²) >= 11 is 0. The quantitative estimate of drug-likeness (QED) is 0.842. The Morgan fingerprint density at radius 1 is 1.41 bits per heavy atom. The molecule has 0 saturated carbocycles. The summed E-state index contributed by atoms with van der Waals surface area (Å²) in [5.74, 6) is -1.01. The predicted molar refractivity (Wildman–Crippen MR) is 79.7 cm³/mol. The van der Waals surface area contributed by atoms with E-state index in [4.69, 9.17) is 0 Å². The number of amides is 1. The number of imidazole rings is 1. The van der Waals surface area contributed by atoms with Crippen LogP contribution in [0.3, 0.4) is 0 Å². The first-order valence-electron chi connectivity index (χ1n) is 7.01. The second kappa shape index (κ2) is 6.84. The van der Waals surface area contributed by atoms with Gasteiger partial charge in [0.25, 0.3) is 5.91 Å². The van der Waals surface area contributed by atoms with Gasteiger partial charge in [-0.15, -0.1) is 0 Å². The van der Waals surface area contributed by atoms with Gasteiger partial charge in [-0.05, 0) is 18.1 Å². The molecular formula is C15H18N4O3. The molecule has 7 heteroatoms. The van der Waals surface area contributed by atoms with E-state index >= 15 is 0 Å². The number of carbonyl (C=O) groups is 2. The third kappa shape index (κ3) is 3.49. The molecule has 0 bridgehead atoms. The number of carboxylic acid groups (broad SMARTS) is 1. The molecule has 0 aliphatic rings. The van der Waals surface area contributed by atoms with Crippen LogP contribution in [-0.4, -0.2) is 37.6 Å². The minimum absolute atomic E-state index is 0.153. The van der Waals surface area contributed by atoms with Gasteiger partial charge in [0.1, 0.15) is 18.2 Å². The van der Waals surface area contributed by atoms with Gasteiger partial charge in [-0.25, -0.2) is 14.8 Å². The molecule has 0 unspecified atom stereocenters. The summed E-state index contributed by atoms with van der Waals surface area (Å²) in [5, 5.41) is 11.7. The Bertz CT molecular complexity index is 637. The topological polar surface area (TPSA) is 97.1 Å². The standard InChI is InChI=1S/C15H18N4O3/c1-3-10(2)13(15(21)22)18-14(20)11-4-5-12(17-8-11)19-7-6-16-9-19/h4-10,13H,3H2,1-2H3,(H,18,20)(H,21,22)/t10-,13-/m0/s1. The van der Waals surface area contributed by atoms with Crippen molar-refractivity contribution in [3.63, 3.8) is 0 Å². The number of carboxylic acids is 1. The van der Waals surface area contributed by atoms with Gasteiger partial charge in [-0.1, -0.05) is 20.3 Å². The molecule has 0 aliphatic carbocycles. The highest BCUT2D eigenvalue weighted by atomic mass is 16.4. The monoisotopic (exact) mass is 302 g/mol. The van der Waals surface area contributed by atoms with Crippen molar-refractivity contribution in [2.24, 2.45) is 5.92 Å². The summed E-state index contributed by atoms with van der Waals surface area (Å²) in [6, 6.07) is 2.37. The summed E-state index contributed by atoms with van der Waals surface area (Å²) < 4.78 is 1.71. The van der Waals surface area contributed by atoms with Crippen LogP contribution in [0, 0.1) is 5.92 Å². The molecule has 7 nitrogen and oxygen atoms in total. The fraction of sp³-hybridized carbons (Fsp3) is 0.333. The van der Waals surface area contributed by atoms with Crippen LogP contribution in [0.1, 0.15) is 30.6 Å². The first-order valence-corrected chi connectivity index (χ1v) is 7.01. The maximum absolute atomic E-state index is 12.1. The van der Waals surface area contributed by atoms with Crippen molar-refractivity contribution in [2.75, 3.05) is 0 Å². The van der Waals surface area contributed by atoms with Gasteiger partial charge < -0.3 is 10.4 Å². The average Bonchev–Trinajstić information content (AvgIpc) is 3.06. The van der Waals surface area contributed by atoms with E-state index in [-0.39, 0.29) is 5.92 Å². The summed E-state index contributed by atoms with van der Waals surface area (Å²) in [5.41, 5.74) is 0.318. The van der Waals surface area contributed by atoms with E-state index < -0.39 is 17.9 Å². The number of aromatic nitrogens is 3. The van der Waals surface area contributed by atoms with E-state index in [9.17, 15) is 14.7 Å². The maximum Gasteiger partial charge on any atom is 0.326 e. The minimum atomic E-state index is -1.04. The lowest BCUT2D eigenvalue weighted by Gasteiger charge is -2.20. The molecule has 0 aliphatic heterocycles. The van der Waals surface area contributed by atoms with Crippen LogP contribution < -0.4 is 5.32 Å². The third-order valence-corrected chi connectivity index (χ3v) is 3.54. The van der Waals surface area contributed by atoms with Crippen molar-refractivity contribution < 1.29 is 14.7 Å². The largest absolute Gasteiger partial charge is 0.480 e. The average molecular weight is 302 g/mol. The van der Waals surface area contributed by atoms with Gasteiger partial charge >= 0.3 is 5.97 Å². The molecule has 0 spiro atoms. The van der Waals surface area contributed by atoms with Crippen molar-refractivity contribution in [1.29, 1.82) is 0 Å². The highest BCUT2D eigenvalue weighted by Crippen LogP contribution is 2.10. The second-order valence-electron chi connectivity index (χ2n) is 5.05. The lowest BCUT2D eigenvalue weighted by atomic mass is 9.99. The van der Waals surface area contributed by atoms with E-state index in [2.05, 4.69) is 15.3 Å². The van der Waals surface area contributed by atoms with Gasteiger partial charge in [-0.3, -0.25) is 9.36 Å². The Kier molecular flexibility index (Phi) is 4.88. The van der Waals surface area contributed by atoms with E-state index in [1.165, 1.54) is 6.20 Å². The number of carbonyl (C=O) groups excluding carboxylic acids is 1. The van der Waals surface area contributed by atoms with E-state index in [0.717, 1.165) is 0 Å². The number of nitrogens with zero attached hydrogens (tertiary/aromatic N) is 3. The Hall–Kier alpha value is -2.70. The normalized spacial score (nSPS) is 13.4. The van der Waals surface area contributed by atoms with Crippen LogP contribution in [0.4, 0.5) is 0 Å². The Balaban J connectivity index is 2.11. The van der Waals surface area contributed by atoms with Gasteiger partial charge in [0.2, 0.25) is 0 Å². The van der Waals surface area contributed by atoms with Crippen molar-refractivity contribution >= 4 is 11.9 Å². The molecule has 1 amide bonds. The number of rotatable bonds is 6. The van der Waals surface area contributed by atoms with Crippen LogP contribution in [0.5, 0.6) is 0 Å². The zero-order valence-corrected chi connectivity index (χ0v) is 12.4. The molecule has 0 saturated heterocycles. The van der Waals surface area contributed by atoms with Crippen LogP contribution in [0.15, 0.2) is 37.1 Å². The van der Waals surface area contributed by atoms with Gasteiger partial charge in [0, 0.05) is 18.6 Å². The highest BCUT2D eigenvalue weighted by molar-refractivity contribution is 5.96. The Morgan fingerprint density at radius 2 is 2.18 bits per heavy atom. The van der Waals surface area contributed by atoms with Crippen molar-refractivity contribution in [2.45, 2.75) is 26.3 Å². The lowest BCUT2D eigenvalue weighted by Crippen LogP contribution is -2.45. The highest BCUT2D eigenvalue weighted by Gasteiger charge is 2.25. The van der Waals surface area contributed by atoms with Gasteiger partial charge in [-0.2, -0.15) is 0 Å². The van der Waals surface area contributed by atoms with Crippen molar-refractivity contribution in [3.8, 4) is 5.82 Å². The van der Waals surface area contributed by atoms with Crippen molar-refractivity contribution in [1.82, 2.24) is 19.9 Å². The second-order valence-corrected chi connectivity index (χ2v) is 5.05. The Morgan fingerprint density at radius 3 is 2.68 bits per heavy atom. The fourth-order valence-corrected chi connectivity index (χ4v) is 1.98. The van der Waals surface area contributed by atoms with E-state index in [1.807, 2.05) is 6.92 Å². The summed E-state index contributed by atoms with van der Waals surface area (Å²) in [6.07, 6.45) is 7.05. The summed E-state index contributed by atoms with van der Waals surface area (Å²) in [4.78, 5) is 31.5. The van der Waals surface area contributed by atoms with Gasteiger partial charge in [0.15, 0.2) is 0 Å². The van der Waals surface area contributed by atoms with Crippen molar-refractivity contribution in [3.05, 3.63) is 42.6 Å². The van der Waals surface area contributed by atoms with Gasteiger partial charge in [0.05, 0.1) is 5.56 Å². The SMILES string of the molecule is CC[C@H](C)[C@H](NC(=O)c1ccc(-n2ccnc2)nc1)C(=O)O. The third-order valence-electron chi connectivity index (χ3n) is 3.54. The maximum atomic E-state index is 12.1. The molecule has 2 atom stereocenters. The molecule has 2 heterocycles. The Labute approximate surface area is 128 Å². The number of nitrogens with one attached hydrogen (secondary N) is 1. The number of aliphatic carboxylic acids is 1. The molecule has 0 fully saturated rings. The summed E-state index contributed by atoms with van der Waals surface area (Å²) in [6.45, 7) is 3.67. The fourth-order valence-electron chi connectivity index (χ4n) is 1.98. The molecule has 0 aromatic carbocycles. The molecule has 0 radical (unpaired) electrons. The van der Waals surface area contributed by atoms with E-state index in [1.54, 1.807) is 42.3 Å². The predicted octanol–water partition coefficient (Wildman–Crippen LogP) is 1.50. The number of hydrogen-bond acceptors (Lipinski definition) is 4. The molecule has 116 valence electrons. The molecule has 22 heavy (non-hydrogen) atoms. The van der Waals surface area contributed by atoms with Crippen LogP contribution in [-0.2, 0) is 4.79 Å². The molecule has 2 aromatic rings. The summed E-state index contributed by atoms with van der Waals surface area (Å²) in [7, 11) is 0. The smallest absolute Gasteiger partial charge is 0.326 e. The number of hydrogen-bond donors (Lipinski definition) is 2. The zero-order valence-electron chi connectivity index (χ0n) is 12.4. The molecular weight excluding hydrogens is 284 g/mol. The minimum Gasteiger partial charge on any atom is -0.480 e. The molecule has 2 aromatic heterocycles. The van der Waals surface area contributed by atoms with Crippen LogP contribution in [0.25, 0.3) is 5.82 Å². The zero-order chi connectivity index (χ0) is 16.1. The molecule has 2 rings (SSSR count). The van der Waals surface area contributed by atoms with Crippen LogP contribution >= 0.6 is 0 Å². The molecule has 2 N–H and O–H groups in total. The first-order chi connectivity index (χ1) is 10.5. The first kappa shape index (κ1) is 15.7. The number of pyridine rings is 1. The van der Waals surface area contributed by atoms with Crippen LogP contribution in [0.2, 0.25) is 0 Å². The van der Waals surface area contributed by atoms with E-state index in [0.29, 0.717) is 17.8 Å². The lowest BCUT2D eigenvalue weighted by molar-refractivity contribution is -0.140.